The van der Waals surface area contributed by atoms with Crippen LogP contribution in [0.2, 0.25) is 0 Å². The fraction of sp³-hybridized carbons (Fsp3) is 0.786. The highest BCUT2D eigenvalue weighted by atomic mass is 32.1. The van der Waals surface area contributed by atoms with Gasteiger partial charge in [0.1, 0.15) is 0 Å². The van der Waals surface area contributed by atoms with Gasteiger partial charge in [0.15, 0.2) is 0 Å². The number of thiazole rings is 1. The van der Waals surface area contributed by atoms with Gasteiger partial charge in [-0.3, -0.25) is 0 Å². The predicted molar refractivity (Wildman–Crippen MR) is 79.9 cm³/mol. The molecule has 4 nitrogen and oxygen atoms in total. The second kappa shape index (κ2) is 6.79. The maximum Gasteiger partial charge on any atom is 0.0985 e. The second-order valence-corrected chi connectivity index (χ2v) is 6.97. The van der Waals surface area contributed by atoms with Crippen LogP contribution >= 0.6 is 11.3 Å². The van der Waals surface area contributed by atoms with Crippen molar-refractivity contribution in [3.8, 4) is 0 Å². The minimum Gasteiger partial charge on any atom is -0.395 e. The second-order valence-electron chi connectivity index (χ2n) is 5.94. The molecule has 0 aromatic carbocycles. The Hall–Kier alpha value is -0.490. The molecule has 5 heteroatoms. The fourth-order valence-corrected chi connectivity index (χ4v) is 3.05. The highest BCUT2D eigenvalue weighted by Crippen LogP contribution is 2.32. The number of aliphatic hydroxyl groups excluding tert-OH is 1. The zero-order valence-electron chi connectivity index (χ0n) is 12.8. The number of ether oxygens (including phenoxy) is 1. The van der Waals surface area contributed by atoms with Crippen molar-refractivity contribution in [3.05, 3.63) is 15.6 Å². The topological polar surface area (TPSA) is 54.4 Å². The third-order valence-electron chi connectivity index (χ3n) is 2.94. The van der Waals surface area contributed by atoms with E-state index in [1.807, 2.05) is 6.92 Å². The van der Waals surface area contributed by atoms with Crippen LogP contribution in [-0.4, -0.2) is 36.5 Å². The van der Waals surface area contributed by atoms with Crippen LogP contribution in [0.3, 0.4) is 0 Å². The molecule has 1 rings (SSSR count). The quantitative estimate of drug-likeness (QED) is 0.843. The Balaban J connectivity index is 2.82. The Morgan fingerprint density at radius 1 is 1.42 bits per heavy atom. The van der Waals surface area contributed by atoms with Gasteiger partial charge in [0.2, 0.25) is 0 Å². The molecule has 19 heavy (non-hydrogen) atoms. The van der Waals surface area contributed by atoms with Gasteiger partial charge >= 0.3 is 0 Å². The fourth-order valence-electron chi connectivity index (χ4n) is 1.91. The number of aliphatic hydroxyl groups is 1. The number of hydrogen-bond donors (Lipinski definition) is 2. The zero-order valence-corrected chi connectivity index (χ0v) is 13.6. The summed E-state index contributed by atoms with van der Waals surface area (Å²) in [5, 5.41) is 13.8. The predicted octanol–water partition coefficient (Wildman–Crippen LogP) is 2.41. The van der Waals surface area contributed by atoms with Crippen LogP contribution in [0.25, 0.3) is 0 Å². The summed E-state index contributed by atoms with van der Waals surface area (Å²) >= 11 is 1.75. The molecule has 0 aliphatic rings. The summed E-state index contributed by atoms with van der Waals surface area (Å²) in [4.78, 5) is 5.90. The molecule has 0 fully saturated rings. The van der Waals surface area contributed by atoms with E-state index in [0.29, 0.717) is 6.61 Å². The molecular formula is C14H26N2O2S. The average Bonchev–Trinajstić information content (AvgIpc) is 2.70. The summed E-state index contributed by atoms with van der Waals surface area (Å²) in [5.74, 6) is 0. The van der Waals surface area contributed by atoms with Gasteiger partial charge in [-0.2, -0.15) is 0 Å². The summed E-state index contributed by atoms with van der Waals surface area (Å²) in [6, 6.07) is 0.125. The summed E-state index contributed by atoms with van der Waals surface area (Å²) in [5.41, 5.74) is 1.15. The highest BCUT2D eigenvalue weighted by Gasteiger charge is 2.23. The Kier molecular flexibility index (Phi) is 5.92. The molecule has 1 aromatic heterocycles. The zero-order chi connectivity index (χ0) is 14.6. The van der Waals surface area contributed by atoms with E-state index >= 15 is 0 Å². The molecule has 1 aromatic rings. The van der Waals surface area contributed by atoms with Crippen molar-refractivity contribution in [2.45, 2.75) is 52.1 Å². The molecule has 0 amide bonds. The first-order valence-electron chi connectivity index (χ1n) is 6.63. The van der Waals surface area contributed by atoms with Crippen molar-refractivity contribution in [2.75, 3.05) is 20.3 Å². The maximum atomic E-state index is 9.30. The van der Waals surface area contributed by atoms with Crippen molar-refractivity contribution in [2.24, 2.45) is 0 Å². The van der Waals surface area contributed by atoms with Crippen molar-refractivity contribution < 1.29 is 9.84 Å². The molecule has 110 valence electrons. The van der Waals surface area contributed by atoms with Gasteiger partial charge in [-0.05, 0) is 13.8 Å². The highest BCUT2D eigenvalue weighted by molar-refractivity contribution is 7.12. The van der Waals surface area contributed by atoms with E-state index < -0.39 is 0 Å². The minimum absolute atomic E-state index is 0.0420. The van der Waals surface area contributed by atoms with E-state index in [9.17, 15) is 5.11 Å². The van der Waals surface area contributed by atoms with E-state index in [4.69, 9.17) is 4.74 Å². The smallest absolute Gasteiger partial charge is 0.0985 e. The van der Waals surface area contributed by atoms with Crippen LogP contribution in [0, 0.1) is 6.92 Å². The number of rotatable bonds is 6. The number of aryl methyl sites for hydroxylation is 1. The summed E-state index contributed by atoms with van der Waals surface area (Å²) < 4.78 is 5.09. The molecule has 2 atom stereocenters. The van der Waals surface area contributed by atoms with Gasteiger partial charge < -0.3 is 15.2 Å². The Morgan fingerprint density at radius 3 is 2.47 bits per heavy atom. The molecule has 1 heterocycles. The van der Waals surface area contributed by atoms with Crippen LogP contribution in [0.1, 0.15) is 49.3 Å². The van der Waals surface area contributed by atoms with Gasteiger partial charge in [-0.1, -0.05) is 20.8 Å². The van der Waals surface area contributed by atoms with Gasteiger partial charge in [0.25, 0.3) is 0 Å². The lowest BCUT2D eigenvalue weighted by Crippen LogP contribution is -2.38. The summed E-state index contributed by atoms with van der Waals surface area (Å²) in [7, 11) is 1.64. The molecule has 0 bridgehead atoms. The molecule has 0 spiro atoms. The van der Waals surface area contributed by atoms with Gasteiger partial charge in [-0.25, -0.2) is 4.98 Å². The molecule has 2 N–H and O–H groups in total. The van der Waals surface area contributed by atoms with Gasteiger partial charge in [-0.15, -0.1) is 11.3 Å². The molecule has 0 saturated carbocycles. The van der Waals surface area contributed by atoms with Crippen LogP contribution in [0.4, 0.5) is 0 Å². The molecule has 0 saturated heterocycles. The van der Waals surface area contributed by atoms with E-state index in [1.165, 1.54) is 4.88 Å². The molecule has 0 radical (unpaired) electrons. The number of nitrogens with zero attached hydrogens (tertiary/aromatic N) is 1. The first kappa shape index (κ1) is 16.6. The van der Waals surface area contributed by atoms with Crippen molar-refractivity contribution in [3.63, 3.8) is 0 Å². The standard InChI is InChI=1S/C14H26N2O2S/c1-9(15-11(7-17)8-18-6)12-10(2)16-13(19-12)14(3,4)5/h9,11,15,17H,7-8H2,1-6H3. The van der Waals surface area contributed by atoms with E-state index in [1.54, 1.807) is 18.4 Å². The Labute approximate surface area is 120 Å². The largest absolute Gasteiger partial charge is 0.395 e. The third-order valence-corrected chi connectivity index (χ3v) is 4.71. The van der Waals surface area contributed by atoms with E-state index in [0.717, 1.165) is 10.7 Å². The van der Waals surface area contributed by atoms with E-state index in [2.05, 4.69) is 38.0 Å². The van der Waals surface area contributed by atoms with Crippen molar-refractivity contribution >= 4 is 11.3 Å². The number of aromatic nitrogens is 1. The van der Waals surface area contributed by atoms with Crippen molar-refractivity contribution in [1.82, 2.24) is 10.3 Å². The lowest BCUT2D eigenvalue weighted by Gasteiger charge is -2.20. The van der Waals surface area contributed by atoms with Crippen LogP contribution in [0.15, 0.2) is 0 Å². The summed E-state index contributed by atoms with van der Waals surface area (Å²) in [6.45, 7) is 11.2. The normalized spacial score (nSPS) is 15.5. The number of methoxy groups -OCH3 is 1. The van der Waals surface area contributed by atoms with Crippen LogP contribution in [0.5, 0.6) is 0 Å². The molecule has 2 unspecified atom stereocenters. The molecule has 0 aliphatic carbocycles. The number of hydrogen-bond acceptors (Lipinski definition) is 5. The minimum atomic E-state index is -0.0420. The first-order chi connectivity index (χ1) is 8.79. The average molecular weight is 286 g/mol. The SMILES string of the molecule is COCC(CO)NC(C)c1sc(C(C)(C)C)nc1C. The van der Waals surface area contributed by atoms with Crippen molar-refractivity contribution in [1.29, 1.82) is 0 Å². The number of nitrogens with one attached hydrogen (secondary N) is 1. The first-order valence-corrected chi connectivity index (χ1v) is 7.44. The van der Waals surface area contributed by atoms with E-state index in [-0.39, 0.29) is 24.1 Å². The Bertz CT molecular complexity index is 399. The monoisotopic (exact) mass is 286 g/mol. The van der Waals surface area contributed by atoms with Crippen LogP contribution < -0.4 is 5.32 Å². The summed E-state index contributed by atoms with van der Waals surface area (Å²) in [6.07, 6.45) is 0. The molecular weight excluding hydrogens is 260 g/mol. The Morgan fingerprint density at radius 2 is 2.05 bits per heavy atom. The van der Waals surface area contributed by atoms with Gasteiger partial charge in [0.05, 0.1) is 30.0 Å². The maximum absolute atomic E-state index is 9.30. The lowest BCUT2D eigenvalue weighted by atomic mass is 9.98. The third kappa shape index (κ3) is 4.53. The molecule has 0 aliphatic heterocycles. The lowest BCUT2D eigenvalue weighted by molar-refractivity contribution is 0.123. The van der Waals surface area contributed by atoms with Crippen LogP contribution in [-0.2, 0) is 10.2 Å². The van der Waals surface area contributed by atoms with Gasteiger partial charge in [0, 0.05) is 23.4 Å².